The summed E-state index contributed by atoms with van der Waals surface area (Å²) in [5.41, 5.74) is 1.47. The highest BCUT2D eigenvalue weighted by Gasteiger charge is 2.24. The van der Waals surface area contributed by atoms with Crippen LogP contribution in [0.5, 0.6) is 0 Å². The van der Waals surface area contributed by atoms with Gasteiger partial charge in [0.05, 0.1) is 18.9 Å². The van der Waals surface area contributed by atoms with Crippen molar-refractivity contribution in [1.82, 2.24) is 14.9 Å². The van der Waals surface area contributed by atoms with Gasteiger partial charge in [-0.25, -0.2) is 13.8 Å². The molecule has 2 aliphatic heterocycles. The van der Waals surface area contributed by atoms with Crippen LogP contribution < -0.4 is 10.5 Å². The number of hydrogen-bond donors (Lipinski definition) is 1. The maximum Gasteiger partial charge on any atom is 0.252 e. The smallest absolute Gasteiger partial charge is 0.252 e. The van der Waals surface area contributed by atoms with E-state index < -0.39 is 11.6 Å². The number of halogens is 2. The third kappa shape index (κ3) is 4.39. The fraction of sp³-hybridized carbons (Fsp3) is 0.500. The Morgan fingerprint density at radius 3 is 2.54 bits per heavy atom. The quantitative estimate of drug-likeness (QED) is 0.868. The minimum atomic E-state index is -0.820. The van der Waals surface area contributed by atoms with Crippen LogP contribution in [0.15, 0.2) is 29.1 Å². The number of nitrogens with one attached hydrogen (secondary N) is 1. The molecule has 0 saturated carbocycles. The van der Waals surface area contributed by atoms with Gasteiger partial charge < -0.3 is 9.64 Å². The molecule has 150 valence electrons. The summed E-state index contributed by atoms with van der Waals surface area (Å²) < 4.78 is 31.8. The monoisotopic (exact) mass is 390 g/mol. The third-order valence-electron chi connectivity index (χ3n) is 5.46. The molecule has 8 heteroatoms. The molecule has 0 amide bonds. The summed E-state index contributed by atoms with van der Waals surface area (Å²) in [6.45, 7) is 4.95. The normalized spacial score (nSPS) is 19.1. The summed E-state index contributed by atoms with van der Waals surface area (Å²) in [5, 5.41) is 0. The number of morpholine rings is 1. The van der Waals surface area contributed by atoms with E-state index in [0.29, 0.717) is 25.7 Å². The van der Waals surface area contributed by atoms with E-state index in [-0.39, 0.29) is 11.5 Å². The van der Waals surface area contributed by atoms with Crippen LogP contribution in [0.1, 0.15) is 30.0 Å². The molecule has 0 radical (unpaired) electrons. The minimum Gasteiger partial charge on any atom is -0.378 e. The van der Waals surface area contributed by atoms with Crippen molar-refractivity contribution in [1.29, 1.82) is 0 Å². The van der Waals surface area contributed by atoms with Crippen LogP contribution in [0, 0.1) is 11.6 Å². The predicted octanol–water partition coefficient (Wildman–Crippen LogP) is 2.26. The molecule has 6 nitrogen and oxygen atoms in total. The molecule has 2 fully saturated rings. The molecule has 0 unspecified atom stereocenters. The molecule has 2 saturated heterocycles. The number of H-pyrrole nitrogens is 1. The summed E-state index contributed by atoms with van der Waals surface area (Å²) in [6, 6.07) is 5.65. The summed E-state index contributed by atoms with van der Waals surface area (Å²) in [6.07, 6.45) is 1.76. The highest BCUT2D eigenvalue weighted by molar-refractivity contribution is 5.31. The molecular formula is C20H24F2N4O2. The molecule has 4 rings (SSSR count). The van der Waals surface area contributed by atoms with Gasteiger partial charge in [0, 0.05) is 31.6 Å². The number of benzene rings is 1. The molecule has 2 aliphatic rings. The molecule has 0 spiro atoms. The van der Waals surface area contributed by atoms with Gasteiger partial charge in [0.1, 0.15) is 0 Å². The Balaban J connectivity index is 1.40. The van der Waals surface area contributed by atoms with Crippen LogP contribution in [0.25, 0.3) is 0 Å². The van der Waals surface area contributed by atoms with Gasteiger partial charge in [-0.2, -0.15) is 0 Å². The van der Waals surface area contributed by atoms with E-state index in [1.807, 2.05) is 4.90 Å². The maximum absolute atomic E-state index is 13.4. The second kappa shape index (κ2) is 8.36. The zero-order valence-corrected chi connectivity index (χ0v) is 15.7. The molecule has 3 heterocycles. The lowest BCUT2D eigenvalue weighted by Gasteiger charge is -2.32. The van der Waals surface area contributed by atoms with Gasteiger partial charge in [-0.15, -0.1) is 0 Å². The Morgan fingerprint density at radius 1 is 1.07 bits per heavy atom. The van der Waals surface area contributed by atoms with Gasteiger partial charge in [0.25, 0.3) is 5.56 Å². The second-order valence-electron chi connectivity index (χ2n) is 7.39. The van der Waals surface area contributed by atoms with Gasteiger partial charge >= 0.3 is 0 Å². The molecule has 28 heavy (non-hydrogen) atoms. The van der Waals surface area contributed by atoms with Crippen molar-refractivity contribution >= 4 is 5.95 Å². The van der Waals surface area contributed by atoms with Crippen LogP contribution in [0.4, 0.5) is 14.7 Å². The first-order chi connectivity index (χ1) is 13.6. The number of aromatic amines is 1. The third-order valence-corrected chi connectivity index (χ3v) is 5.46. The summed E-state index contributed by atoms with van der Waals surface area (Å²) in [5.74, 6) is -0.784. The van der Waals surface area contributed by atoms with Crippen molar-refractivity contribution in [3.05, 3.63) is 57.5 Å². The number of hydrogen-bond acceptors (Lipinski definition) is 5. The van der Waals surface area contributed by atoms with Gasteiger partial charge in [0.15, 0.2) is 11.6 Å². The molecular weight excluding hydrogens is 366 g/mol. The lowest BCUT2D eigenvalue weighted by molar-refractivity contribution is 0.122. The fourth-order valence-electron chi connectivity index (χ4n) is 3.88. The Labute approximate surface area is 162 Å². The lowest BCUT2D eigenvalue weighted by Crippen LogP contribution is -2.39. The number of anilines is 1. The summed E-state index contributed by atoms with van der Waals surface area (Å²) >= 11 is 0. The van der Waals surface area contributed by atoms with Gasteiger partial charge in [0.2, 0.25) is 5.95 Å². The van der Waals surface area contributed by atoms with E-state index in [0.717, 1.165) is 50.3 Å². The van der Waals surface area contributed by atoms with E-state index in [4.69, 9.17) is 9.72 Å². The van der Waals surface area contributed by atoms with E-state index in [9.17, 15) is 13.6 Å². The topological polar surface area (TPSA) is 61.5 Å². The van der Waals surface area contributed by atoms with Crippen molar-refractivity contribution in [2.75, 3.05) is 44.3 Å². The largest absolute Gasteiger partial charge is 0.378 e. The number of piperidine rings is 1. The Morgan fingerprint density at radius 2 is 1.82 bits per heavy atom. The molecule has 2 aromatic rings. The molecule has 0 aliphatic carbocycles. The number of ether oxygens (including phenoxy) is 1. The number of aromatic nitrogens is 2. The molecule has 0 atom stereocenters. The zero-order valence-electron chi connectivity index (χ0n) is 15.7. The highest BCUT2D eigenvalue weighted by atomic mass is 19.2. The van der Waals surface area contributed by atoms with Crippen LogP contribution in [0.2, 0.25) is 0 Å². The molecule has 1 aromatic heterocycles. The van der Waals surface area contributed by atoms with Crippen molar-refractivity contribution < 1.29 is 13.5 Å². The van der Waals surface area contributed by atoms with E-state index in [1.54, 1.807) is 12.1 Å². The van der Waals surface area contributed by atoms with Crippen molar-refractivity contribution in [3.8, 4) is 0 Å². The minimum absolute atomic E-state index is 0.129. The van der Waals surface area contributed by atoms with Crippen LogP contribution in [0.3, 0.4) is 0 Å². The van der Waals surface area contributed by atoms with E-state index in [2.05, 4.69) is 9.88 Å². The number of likely N-dealkylation sites (tertiary alicyclic amines) is 1. The molecule has 0 bridgehead atoms. The highest BCUT2D eigenvalue weighted by Crippen LogP contribution is 2.28. The summed E-state index contributed by atoms with van der Waals surface area (Å²) in [7, 11) is 0. The SMILES string of the molecule is O=c1cc(C2CCN(Cc3ccc(F)c(F)c3)CC2)nc(N2CCOCC2)[nH]1. The van der Waals surface area contributed by atoms with Crippen molar-refractivity contribution in [2.24, 2.45) is 0 Å². The Hall–Kier alpha value is -2.32. The van der Waals surface area contributed by atoms with Gasteiger partial charge in [-0.3, -0.25) is 14.7 Å². The number of rotatable bonds is 4. The van der Waals surface area contributed by atoms with Crippen LogP contribution in [-0.4, -0.2) is 54.3 Å². The zero-order chi connectivity index (χ0) is 19.5. The van der Waals surface area contributed by atoms with Gasteiger partial charge in [-0.1, -0.05) is 6.07 Å². The van der Waals surface area contributed by atoms with Crippen molar-refractivity contribution in [3.63, 3.8) is 0 Å². The lowest BCUT2D eigenvalue weighted by atomic mass is 9.93. The first-order valence-corrected chi connectivity index (χ1v) is 9.69. The predicted molar refractivity (Wildman–Crippen MR) is 101 cm³/mol. The average Bonchev–Trinajstić information content (AvgIpc) is 2.71. The second-order valence-corrected chi connectivity index (χ2v) is 7.39. The first kappa shape index (κ1) is 19.0. The summed E-state index contributed by atoms with van der Waals surface area (Å²) in [4.78, 5) is 24.0. The van der Waals surface area contributed by atoms with Crippen molar-refractivity contribution in [2.45, 2.75) is 25.3 Å². The van der Waals surface area contributed by atoms with Crippen LogP contribution >= 0.6 is 0 Å². The average molecular weight is 390 g/mol. The molecule has 1 N–H and O–H groups in total. The number of nitrogens with zero attached hydrogens (tertiary/aromatic N) is 3. The van der Waals surface area contributed by atoms with E-state index in [1.165, 1.54) is 12.1 Å². The van der Waals surface area contributed by atoms with Gasteiger partial charge in [-0.05, 0) is 43.6 Å². The van der Waals surface area contributed by atoms with E-state index >= 15 is 0 Å². The Kier molecular flexibility index (Phi) is 5.68. The fourth-order valence-corrected chi connectivity index (χ4v) is 3.88. The first-order valence-electron chi connectivity index (χ1n) is 9.69. The standard InChI is InChI=1S/C20H24F2N4O2/c21-16-2-1-14(11-17(16)22)13-25-5-3-15(4-6-25)18-12-19(27)24-20(23-18)26-7-9-28-10-8-26/h1-2,11-12,15H,3-10,13H2,(H,23,24,27). The van der Waals surface area contributed by atoms with Crippen LogP contribution in [-0.2, 0) is 11.3 Å². The molecule has 1 aromatic carbocycles. The maximum atomic E-state index is 13.4. The Bertz CT molecular complexity index is 875.